The normalized spacial score (nSPS) is 12.2. The zero-order valence-corrected chi connectivity index (χ0v) is 9.22. The molecule has 1 aromatic carbocycles. The van der Waals surface area contributed by atoms with Crippen molar-refractivity contribution in [2.75, 3.05) is 0 Å². The molecule has 1 aromatic heterocycles. The number of hydrogen-bond acceptors (Lipinski definition) is 2. The van der Waals surface area contributed by atoms with Gasteiger partial charge in [-0.1, -0.05) is 6.07 Å². The van der Waals surface area contributed by atoms with Crippen LogP contribution in [0.15, 0.2) is 23.1 Å². The first-order valence-electron chi connectivity index (χ1n) is 4.46. The Morgan fingerprint density at radius 3 is 2.53 bits per heavy atom. The molecule has 1 heterocycles. The second-order valence-electron chi connectivity index (χ2n) is 3.56. The van der Waals surface area contributed by atoms with Crippen LogP contribution < -0.4 is 0 Å². The third-order valence-electron chi connectivity index (χ3n) is 2.58. The maximum atomic E-state index is 10.9. The monoisotopic (exact) mass is 225 g/mol. The lowest BCUT2D eigenvalue weighted by Crippen LogP contribution is -1.97. The number of fused-ring (bicyclic) bond motifs is 1. The molecule has 80 valence electrons. The molecule has 0 atom stereocenters. The first-order chi connectivity index (χ1) is 6.89. The molecule has 0 spiro atoms. The van der Waals surface area contributed by atoms with Gasteiger partial charge < -0.3 is 4.98 Å². The Labute approximate surface area is 87.7 Å². The van der Waals surface area contributed by atoms with Gasteiger partial charge in [0, 0.05) is 16.6 Å². The van der Waals surface area contributed by atoms with Gasteiger partial charge in [-0.05, 0) is 31.5 Å². The van der Waals surface area contributed by atoms with Crippen molar-refractivity contribution < 1.29 is 13.0 Å². The highest BCUT2D eigenvalue weighted by Crippen LogP contribution is 2.23. The molecule has 0 unspecified atom stereocenters. The summed E-state index contributed by atoms with van der Waals surface area (Å²) in [7, 11) is -4.12. The Morgan fingerprint density at radius 2 is 1.93 bits per heavy atom. The Hall–Kier alpha value is -1.33. The minimum atomic E-state index is -4.12. The number of aromatic nitrogens is 1. The van der Waals surface area contributed by atoms with Gasteiger partial charge in [-0.25, -0.2) is 0 Å². The van der Waals surface area contributed by atoms with Crippen LogP contribution in [0.3, 0.4) is 0 Å². The van der Waals surface area contributed by atoms with Gasteiger partial charge in [0.15, 0.2) is 0 Å². The molecule has 0 saturated carbocycles. The molecule has 0 fully saturated rings. The largest absolute Gasteiger partial charge is 0.358 e. The van der Waals surface area contributed by atoms with Crippen molar-refractivity contribution in [1.82, 2.24) is 4.98 Å². The zero-order chi connectivity index (χ0) is 11.2. The molecule has 2 N–H and O–H groups in total. The number of benzene rings is 1. The number of H-pyrrole nitrogens is 1. The van der Waals surface area contributed by atoms with E-state index < -0.39 is 10.1 Å². The lowest BCUT2D eigenvalue weighted by molar-refractivity contribution is 0.483. The summed E-state index contributed by atoms with van der Waals surface area (Å²) in [5, 5.41) is 0.972. The molecule has 4 nitrogen and oxygen atoms in total. The summed E-state index contributed by atoms with van der Waals surface area (Å²) in [4.78, 5) is 2.98. The first kappa shape index (κ1) is 10.2. The highest BCUT2D eigenvalue weighted by Gasteiger charge is 2.11. The van der Waals surface area contributed by atoms with Crippen molar-refractivity contribution in [1.29, 1.82) is 0 Å². The lowest BCUT2D eigenvalue weighted by atomic mass is 10.2. The summed E-state index contributed by atoms with van der Waals surface area (Å²) in [6.45, 7) is 3.88. The van der Waals surface area contributed by atoms with Gasteiger partial charge in [-0.15, -0.1) is 0 Å². The Kier molecular flexibility index (Phi) is 2.09. The minimum Gasteiger partial charge on any atom is -0.358 e. The van der Waals surface area contributed by atoms with Crippen molar-refractivity contribution in [2.24, 2.45) is 0 Å². The van der Waals surface area contributed by atoms with Crippen molar-refractivity contribution in [3.8, 4) is 0 Å². The molecule has 0 saturated heterocycles. The molecule has 15 heavy (non-hydrogen) atoms. The lowest BCUT2D eigenvalue weighted by Gasteiger charge is -1.97. The predicted octanol–water partition coefficient (Wildman–Crippen LogP) is 2.03. The Morgan fingerprint density at radius 1 is 1.27 bits per heavy atom. The third kappa shape index (κ3) is 1.64. The van der Waals surface area contributed by atoms with E-state index in [4.69, 9.17) is 4.55 Å². The quantitative estimate of drug-likeness (QED) is 0.729. The smallest absolute Gasteiger partial charge is 0.294 e. The number of rotatable bonds is 1. The van der Waals surface area contributed by atoms with E-state index in [0.29, 0.717) is 0 Å². The topological polar surface area (TPSA) is 70.2 Å². The molecule has 2 rings (SSSR count). The fourth-order valence-corrected chi connectivity index (χ4v) is 2.12. The van der Waals surface area contributed by atoms with E-state index in [1.165, 1.54) is 12.1 Å². The van der Waals surface area contributed by atoms with E-state index in [1.54, 1.807) is 6.07 Å². The maximum absolute atomic E-state index is 10.9. The molecular formula is C10H11NO3S. The van der Waals surface area contributed by atoms with Gasteiger partial charge in [0.25, 0.3) is 10.1 Å². The summed E-state index contributed by atoms with van der Waals surface area (Å²) in [6.07, 6.45) is 0. The van der Waals surface area contributed by atoms with Crippen LogP contribution in [0.25, 0.3) is 10.9 Å². The van der Waals surface area contributed by atoms with E-state index in [0.717, 1.165) is 22.2 Å². The van der Waals surface area contributed by atoms with Crippen LogP contribution in [-0.2, 0) is 10.1 Å². The molecule has 0 radical (unpaired) electrons. The third-order valence-corrected chi connectivity index (χ3v) is 3.43. The molecule has 0 bridgehead atoms. The Bertz CT molecular complexity index is 625. The van der Waals surface area contributed by atoms with E-state index >= 15 is 0 Å². The van der Waals surface area contributed by atoms with Gasteiger partial charge in [0.05, 0.1) is 4.90 Å². The van der Waals surface area contributed by atoms with Gasteiger partial charge >= 0.3 is 0 Å². The van der Waals surface area contributed by atoms with Gasteiger partial charge in [-0.2, -0.15) is 8.42 Å². The van der Waals surface area contributed by atoms with Crippen molar-refractivity contribution >= 4 is 21.0 Å². The van der Waals surface area contributed by atoms with Crippen LogP contribution in [0, 0.1) is 13.8 Å². The van der Waals surface area contributed by atoms with Gasteiger partial charge in [0.1, 0.15) is 0 Å². The molecule has 0 aliphatic rings. The highest BCUT2D eigenvalue weighted by atomic mass is 32.2. The van der Waals surface area contributed by atoms with Crippen molar-refractivity contribution in [3.05, 3.63) is 29.5 Å². The summed E-state index contributed by atoms with van der Waals surface area (Å²) >= 11 is 0. The number of hydrogen-bond donors (Lipinski definition) is 2. The average Bonchev–Trinajstić information content (AvgIpc) is 2.41. The second-order valence-corrected chi connectivity index (χ2v) is 4.98. The highest BCUT2D eigenvalue weighted by molar-refractivity contribution is 7.85. The zero-order valence-electron chi connectivity index (χ0n) is 8.40. The van der Waals surface area contributed by atoms with E-state index in [2.05, 4.69) is 4.98 Å². The van der Waals surface area contributed by atoms with Crippen LogP contribution >= 0.6 is 0 Å². The fraction of sp³-hybridized carbons (Fsp3) is 0.200. The number of aromatic amines is 1. The second kappa shape index (κ2) is 3.08. The van der Waals surface area contributed by atoms with Gasteiger partial charge in [0.2, 0.25) is 0 Å². The van der Waals surface area contributed by atoms with E-state index in [-0.39, 0.29) is 4.90 Å². The standard InChI is InChI=1S/C10H11NO3S/c1-6-7(2)11-10-5-8(15(12,13)14)3-4-9(6)10/h3-5,11H,1-2H3,(H,12,13,14). The average molecular weight is 225 g/mol. The summed E-state index contributed by atoms with van der Waals surface area (Å²) < 4.78 is 30.7. The SMILES string of the molecule is Cc1[nH]c2cc(S(=O)(=O)O)ccc2c1C. The molecule has 5 heteroatoms. The van der Waals surface area contributed by atoms with Gasteiger partial charge in [-0.3, -0.25) is 4.55 Å². The van der Waals surface area contributed by atoms with Crippen molar-refractivity contribution in [3.63, 3.8) is 0 Å². The van der Waals surface area contributed by atoms with Crippen LogP contribution in [0.1, 0.15) is 11.3 Å². The minimum absolute atomic E-state index is 0.0868. The summed E-state index contributed by atoms with van der Waals surface area (Å²) in [6, 6.07) is 4.53. The van der Waals surface area contributed by atoms with Crippen LogP contribution in [0.5, 0.6) is 0 Å². The maximum Gasteiger partial charge on any atom is 0.294 e. The van der Waals surface area contributed by atoms with Crippen molar-refractivity contribution in [2.45, 2.75) is 18.7 Å². The fourth-order valence-electron chi connectivity index (χ4n) is 1.61. The Balaban J connectivity index is 2.78. The molecule has 2 aromatic rings. The van der Waals surface area contributed by atoms with Crippen LogP contribution in [0.2, 0.25) is 0 Å². The first-order valence-corrected chi connectivity index (χ1v) is 5.90. The number of aryl methyl sites for hydroxylation is 2. The molecule has 0 amide bonds. The van der Waals surface area contributed by atoms with E-state index in [1.807, 2.05) is 13.8 Å². The summed E-state index contributed by atoms with van der Waals surface area (Å²) in [5.41, 5.74) is 2.81. The predicted molar refractivity (Wildman–Crippen MR) is 57.6 cm³/mol. The summed E-state index contributed by atoms with van der Waals surface area (Å²) in [5.74, 6) is 0. The van der Waals surface area contributed by atoms with Crippen LogP contribution in [0.4, 0.5) is 0 Å². The molecule has 0 aliphatic heterocycles. The molecular weight excluding hydrogens is 214 g/mol. The van der Waals surface area contributed by atoms with E-state index in [9.17, 15) is 8.42 Å². The van der Waals surface area contributed by atoms with Crippen LogP contribution in [-0.4, -0.2) is 18.0 Å². The molecule has 0 aliphatic carbocycles. The number of nitrogens with one attached hydrogen (secondary N) is 1.